The third kappa shape index (κ3) is 2.08. The van der Waals surface area contributed by atoms with Crippen molar-refractivity contribution in [1.82, 2.24) is 15.4 Å². The molecule has 5 nitrogen and oxygen atoms in total. The predicted octanol–water partition coefficient (Wildman–Crippen LogP) is 2.72. The summed E-state index contributed by atoms with van der Waals surface area (Å²) in [6, 6.07) is 7.94. The highest BCUT2D eigenvalue weighted by Gasteiger charge is 2.24. The van der Waals surface area contributed by atoms with E-state index in [0.717, 1.165) is 28.3 Å². The Kier molecular flexibility index (Phi) is 2.74. The van der Waals surface area contributed by atoms with Crippen LogP contribution in [0.1, 0.15) is 17.0 Å². The van der Waals surface area contributed by atoms with E-state index in [0.29, 0.717) is 0 Å². The molecule has 2 aliphatic heterocycles. The van der Waals surface area contributed by atoms with Crippen LogP contribution < -0.4 is 4.74 Å². The zero-order valence-corrected chi connectivity index (χ0v) is 11.1. The molecule has 1 aromatic heterocycles. The first kappa shape index (κ1) is 11.8. The summed E-state index contributed by atoms with van der Waals surface area (Å²) in [5.74, 6) is 0.859. The van der Waals surface area contributed by atoms with Gasteiger partial charge in [-0.3, -0.25) is 4.99 Å². The fraction of sp³-hybridized carbons (Fsp3) is 0.0625. The first-order valence-electron chi connectivity index (χ1n) is 6.67. The van der Waals surface area contributed by atoms with Gasteiger partial charge in [0, 0.05) is 23.6 Å². The molecule has 0 bridgehead atoms. The zero-order valence-electron chi connectivity index (χ0n) is 11.1. The van der Waals surface area contributed by atoms with E-state index in [1.165, 1.54) is 0 Å². The number of para-hydroxylation sites is 1. The number of hydrogen-bond acceptors (Lipinski definition) is 4. The van der Waals surface area contributed by atoms with Gasteiger partial charge < -0.3 is 4.74 Å². The molecule has 0 saturated heterocycles. The van der Waals surface area contributed by atoms with Crippen LogP contribution in [0.2, 0.25) is 0 Å². The third-order valence-corrected chi connectivity index (χ3v) is 3.42. The van der Waals surface area contributed by atoms with Gasteiger partial charge in [-0.25, -0.2) is 0 Å². The Morgan fingerprint density at radius 1 is 1.10 bits per heavy atom. The van der Waals surface area contributed by atoms with E-state index in [1.807, 2.05) is 42.5 Å². The Morgan fingerprint density at radius 2 is 2.05 bits per heavy atom. The van der Waals surface area contributed by atoms with Crippen molar-refractivity contribution in [2.45, 2.75) is 6.10 Å². The van der Waals surface area contributed by atoms with Gasteiger partial charge >= 0.3 is 0 Å². The number of aromatic amines is 1. The summed E-state index contributed by atoms with van der Waals surface area (Å²) in [5, 5.41) is 11.0. The van der Waals surface area contributed by atoms with Crippen molar-refractivity contribution in [2.24, 2.45) is 4.99 Å². The number of allylic oxidation sites excluding steroid dienone is 1. The molecular weight excluding hydrogens is 264 g/mol. The molecule has 2 aromatic rings. The monoisotopic (exact) mass is 276 g/mol. The highest BCUT2D eigenvalue weighted by Crippen LogP contribution is 2.32. The number of benzene rings is 1. The third-order valence-electron chi connectivity index (χ3n) is 3.42. The average molecular weight is 276 g/mol. The lowest BCUT2D eigenvalue weighted by molar-refractivity contribution is 0.300. The molecule has 1 N–H and O–H groups in total. The van der Waals surface area contributed by atoms with Crippen molar-refractivity contribution < 1.29 is 4.74 Å². The van der Waals surface area contributed by atoms with Crippen molar-refractivity contribution >= 4 is 23.9 Å². The van der Waals surface area contributed by atoms with Gasteiger partial charge in [-0.05, 0) is 24.3 Å². The summed E-state index contributed by atoms with van der Waals surface area (Å²) < 4.78 is 6.06. The minimum Gasteiger partial charge on any atom is -0.481 e. The Bertz CT molecular complexity index is 798. The predicted molar refractivity (Wildman–Crippen MR) is 81.8 cm³/mol. The molecule has 0 fully saturated rings. The van der Waals surface area contributed by atoms with E-state index in [4.69, 9.17) is 4.74 Å². The lowest BCUT2D eigenvalue weighted by Gasteiger charge is -2.23. The number of rotatable bonds is 1. The van der Waals surface area contributed by atoms with Crippen molar-refractivity contribution in [1.29, 1.82) is 0 Å². The smallest absolute Gasteiger partial charge is 0.146 e. The van der Waals surface area contributed by atoms with Crippen LogP contribution >= 0.6 is 0 Å². The summed E-state index contributed by atoms with van der Waals surface area (Å²) in [5.41, 5.74) is 3.49. The van der Waals surface area contributed by atoms with Gasteiger partial charge in [-0.2, -0.15) is 15.4 Å². The van der Waals surface area contributed by atoms with Crippen LogP contribution in [0.4, 0.5) is 0 Å². The van der Waals surface area contributed by atoms with Crippen LogP contribution in [0.25, 0.3) is 17.7 Å². The molecule has 2 aliphatic rings. The minimum atomic E-state index is -0.229. The maximum absolute atomic E-state index is 6.06. The maximum Gasteiger partial charge on any atom is 0.146 e. The van der Waals surface area contributed by atoms with E-state index in [-0.39, 0.29) is 6.10 Å². The number of aliphatic imine (C=N–C) groups is 1. The summed E-state index contributed by atoms with van der Waals surface area (Å²) >= 11 is 0. The van der Waals surface area contributed by atoms with Crippen LogP contribution in [0.15, 0.2) is 47.6 Å². The van der Waals surface area contributed by atoms with Crippen LogP contribution in [-0.4, -0.2) is 27.7 Å². The Labute approximate surface area is 121 Å². The van der Waals surface area contributed by atoms with Crippen molar-refractivity contribution in [3.8, 4) is 5.75 Å². The van der Waals surface area contributed by atoms with Crippen molar-refractivity contribution in [2.75, 3.05) is 0 Å². The highest BCUT2D eigenvalue weighted by molar-refractivity contribution is 5.85. The number of nitrogens with zero attached hydrogens (tertiary/aromatic N) is 3. The molecular formula is C16H12N4O. The molecule has 0 aliphatic carbocycles. The van der Waals surface area contributed by atoms with Gasteiger partial charge in [0.1, 0.15) is 23.2 Å². The van der Waals surface area contributed by atoms with Crippen LogP contribution in [-0.2, 0) is 0 Å². The molecule has 21 heavy (non-hydrogen) atoms. The van der Waals surface area contributed by atoms with E-state index in [9.17, 15) is 0 Å². The fourth-order valence-electron chi connectivity index (χ4n) is 2.40. The summed E-state index contributed by atoms with van der Waals surface area (Å²) in [7, 11) is 0. The van der Waals surface area contributed by atoms with Gasteiger partial charge in [0.05, 0.1) is 0 Å². The van der Waals surface area contributed by atoms with Crippen LogP contribution in [0.5, 0.6) is 5.75 Å². The molecule has 5 heteroatoms. The fourth-order valence-corrected chi connectivity index (χ4v) is 2.40. The van der Waals surface area contributed by atoms with Crippen molar-refractivity contribution in [3.05, 3.63) is 59.6 Å². The lowest BCUT2D eigenvalue weighted by atomic mass is 10.0. The van der Waals surface area contributed by atoms with Gasteiger partial charge in [0.25, 0.3) is 0 Å². The molecule has 0 saturated carbocycles. The summed E-state index contributed by atoms with van der Waals surface area (Å²) in [6.07, 6.45) is 11.0. The second kappa shape index (κ2) is 4.86. The standard InChI is InChI=1S/C16H12N4O/c1-2-6-14-11(4-1)7-8-15(21-14)12-10-17-9-3-5-13-16(12)19-20-18-13/h1-10,15H,(H,18,19,20). The molecule has 3 heterocycles. The second-order valence-corrected chi connectivity index (χ2v) is 4.73. The SMILES string of the molecule is C1=CC(/C2=C/N=C/C=C\c3n[nH]nc32)Oc2ccccc21. The van der Waals surface area contributed by atoms with Gasteiger partial charge in [-0.1, -0.05) is 24.3 Å². The zero-order chi connectivity index (χ0) is 14.1. The number of hydrogen-bond donors (Lipinski definition) is 1. The van der Waals surface area contributed by atoms with Gasteiger partial charge in [0.15, 0.2) is 0 Å². The normalized spacial score (nSPS) is 24.6. The molecule has 1 atom stereocenters. The number of aromatic nitrogens is 3. The van der Waals surface area contributed by atoms with Gasteiger partial charge in [0.2, 0.25) is 0 Å². The molecule has 102 valence electrons. The second-order valence-electron chi connectivity index (χ2n) is 4.73. The first-order valence-corrected chi connectivity index (χ1v) is 6.67. The van der Waals surface area contributed by atoms with Crippen LogP contribution in [0, 0.1) is 0 Å². The van der Waals surface area contributed by atoms with E-state index in [1.54, 1.807) is 12.4 Å². The van der Waals surface area contributed by atoms with E-state index >= 15 is 0 Å². The average Bonchev–Trinajstić information content (AvgIpc) is 2.95. The largest absolute Gasteiger partial charge is 0.481 e. The molecule has 1 aromatic carbocycles. The molecule has 0 amide bonds. The highest BCUT2D eigenvalue weighted by atomic mass is 16.5. The lowest BCUT2D eigenvalue weighted by Crippen LogP contribution is -2.19. The van der Waals surface area contributed by atoms with E-state index in [2.05, 4.69) is 26.5 Å². The first-order chi connectivity index (χ1) is 10.4. The Hall–Kier alpha value is -2.95. The van der Waals surface area contributed by atoms with Crippen LogP contribution in [0.3, 0.4) is 0 Å². The number of fused-ring (bicyclic) bond motifs is 2. The van der Waals surface area contributed by atoms with Crippen molar-refractivity contribution in [3.63, 3.8) is 0 Å². The quantitative estimate of drug-likeness (QED) is 0.871. The minimum absolute atomic E-state index is 0.229. The molecule has 0 radical (unpaired) electrons. The Morgan fingerprint density at radius 3 is 3.05 bits per heavy atom. The number of H-pyrrole nitrogens is 1. The number of ether oxygens (including phenoxy) is 1. The molecule has 1 unspecified atom stereocenters. The van der Waals surface area contributed by atoms with Gasteiger partial charge in [-0.15, -0.1) is 0 Å². The summed E-state index contributed by atoms with van der Waals surface area (Å²) in [4.78, 5) is 4.25. The number of nitrogens with one attached hydrogen (secondary N) is 1. The topological polar surface area (TPSA) is 63.2 Å². The summed E-state index contributed by atoms with van der Waals surface area (Å²) in [6.45, 7) is 0. The van der Waals surface area contributed by atoms with E-state index < -0.39 is 0 Å². The molecule has 0 spiro atoms. The Balaban J connectivity index is 1.76. The molecule has 4 rings (SSSR count). The maximum atomic E-state index is 6.06.